The predicted octanol–water partition coefficient (Wildman–Crippen LogP) is 4.36. The number of aliphatic hydroxyl groups is 2. The van der Waals surface area contributed by atoms with Crippen molar-refractivity contribution in [3.63, 3.8) is 0 Å². The first-order valence-corrected chi connectivity index (χ1v) is 10.0. The quantitative estimate of drug-likeness (QED) is 0.355. The summed E-state index contributed by atoms with van der Waals surface area (Å²) in [5.41, 5.74) is 4.60. The van der Waals surface area contributed by atoms with Gasteiger partial charge in [-0.25, -0.2) is 0 Å². The van der Waals surface area contributed by atoms with Gasteiger partial charge in [0.15, 0.2) is 11.5 Å². The molecule has 0 spiro atoms. The fourth-order valence-electron chi connectivity index (χ4n) is 2.60. The Morgan fingerprint density at radius 3 is 2.57 bits per heavy atom. The smallest absolute Gasteiger partial charge is 0.171 e. The van der Waals surface area contributed by atoms with E-state index in [-0.39, 0.29) is 5.75 Å². The predicted molar refractivity (Wildman–Crippen MR) is 117 cm³/mol. The van der Waals surface area contributed by atoms with Crippen LogP contribution in [0, 0.1) is 3.57 Å². The number of aliphatic hydroxyl groups excluding tert-OH is 2. The number of benzene rings is 2. The standard InChI is InChI=1S/C22H25IO5/c1-15(24)11-16(14-28-18-8-4-3-5-9-18)7-6-10-20(25)17-12-19(23)22(26)21(13-17)27-2/h3-6,8-9,12-13,15,20,24-26H,10-11,14H2,1-2H3/t7?,15-,20+/m0/s1. The Kier molecular flexibility index (Phi) is 8.86. The molecular formula is C22H25IO5. The van der Waals surface area contributed by atoms with E-state index in [2.05, 4.69) is 5.73 Å². The van der Waals surface area contributed by atoms with E-state index in [1.807, 2.05) is 52.9 Å². The SMILES string of the molecule is COc1cc([C@H](O)CC=C=C(COc2ccccc2)C[C@H](C)O)cc(I)c1O. The Morgan fingerprint density at radius 1 is 1.21 bits per heavy atom. The molecule has 2 atom stereocenters. The number of halogens is 1. The molecule has 0 amide bonds. The van der Waals surface area contributed by atoms with E-state index in [1.165, 1.54) is 7.11 Å². The first kappa shape index (κ1) is 22.3. The van der Waals surface area contributed by atoms with Crippen LogP contribution in [0.5, 0.6) is 17.2 Å². The van der Waals surface area contributed by atoms with E-state index < -0.39 is 12.2 Å². The van der Waals surface area contributed by atoms with E-state index in [4.69, 9.17) is 9.47 Å². The van der Waals surface area contributed by atoms with Gasteiger partial charge < -0.3 is 24.8 Å². The summed E-state index contributed by atoms with van der Waals surface area (Å²) in [6, 6.07) is 12.8. The van der Waals surface area contributed by atoms with Gasteiger partial charge in [0.1, 0.15) is 12.4 Å². The van der Waals surface area contributed by atoms with Crippen molar-refractivity contribution >= 4 is 22.6 Å². The van der Waals surface area contributed by atoms with Crippen molar-refractivity contribution in [3.8, 4) is 17.2 Å². The maximum Gasteiger partial charge on any atom is 0.171 e. The molecule has 0 aliphatic rings. The number of phenolic OH excluding ortho intramolecular Hbond substituents is 1. The van der Waals surface area contributed by atoms with E-state index in [0.29, 0.717) is 34.3 Å². The number of aromatic hydroxyl groups is 1. The molecule has 28 heavy (non-hydrogen) atoms. The van der Waals surface area contributed by atoms with E-state index in [9.17, 15) is 15.3 Å². The third-order valence-corrected chi connectivity index (χ3v) is 4.82. The summed E-state index contributed by atoms with van der Waals surface area (Å²) < 4.78 is 11.5. The van der Waals surface area contributed by atoms with Crippen LogP contribution in [0.15, 0.2) is 59.8 Å². The molecule has 6 heteroatoms. The zero-order valence-corrected chi connectivity index (χ0v) is 18.1. The lowest BCUT2D eigenvalue weighted by molar-refractivity contribution is 0.181. The largest absolute Gasteiger partial charge is 0.504 e. The maximum atomic E-state index is 10.5. The molecule has 0 aromatic heterocycles. The number of methoxy groups -OCH3 is 1. The fraction of sp³-hybridized carbons (Fsp3) is 0.318. The van der Waals surface area contributed by atoms with Crippen LogP contribution >= 0.6 is 22.6 Å². The molecule has 5 nitrogen and oxygen atoms in total. The molecule has 0 aliphatic carbocycles. The maximum absolute atomic E-state index is 10.5. The third kappa shape index (κ3) is 6.87. The fourth-order valence-corrected chi connectivity index (χ4v) is 3.22. The molecule has 0 aliphatic heterocycles. The summed E-state index contributed by atoms with van der Waals surface area (Å²) in [4.78, 5) is 0. The Morgan fingerprint density at radius 2 is 1.93 bits per heavy atom. The van der Waals surface area contributed by atoms with Gasteiger partial charge in [-0.3, -0.25) is 0 Å². The first-order chi connectivity index (χ1) is 13.4. The van der Waals surface area contributed by atoms with Crippen molar-refractivity contribution in [3.05, 3.63) is 69.0 Å². The van der Waals surface area contributed by atoms with Gasteiger partial charge in [0.25, 0.3) is 0 Å². The second-order valence-electron chi connectivity index (χ2n) is 6.41. The van der Waals surface area contributed by atoms with E-state index in [0.717, 1.165) is 11.3 Å². The van der Waals surface area contributed by atoms with Crippen molar-refractivity contribution in [2.45, 2.75) is 32.0 Å². The lowest BCUT2D eigenvalue weighted by Crippen LogP contribution is -2.07. The third-order valence-electron chi connectivity index (χ3n) is 4.00. The molecule has 0 heterocycles. The molecule has 2 rings (SSSR count). The Balaban J connectivity index is 2.09. The lowest BCUT2D eigenvalue weighted by Gasteiger charge is -2.13. The summed E-state index contributed by atoms with van der Waals surface area (Å²) in [7, 11) is 1.47. The highest BCUT2D eigenvalue weighted by atomic mass is 127. The van der Waals surface area contributed by atoms with Gasteiger partial charge in [0.05, 0.1) is 22.9 Å². The summed E-state index contributed by atoms with van der Waals surface area (Å²) in [5, 5.41) is 30.1. The minimum atomic E-state index is -0.765. The number of hydrogen-bond donors (Lipinski definition) is 3. The highest BCUT2D eigenvalue weighted by Crippen LogP contribution is 2.35. The average molecular weight is 496 g/mol. The number of para-hydroxylation sites is 1. The highest BCUT2D eigenvalue weighted by molar-refractivity contribution is 14.1. The van der Waals surface area contributed by atoms with Crippen LogP contribution in [0.3, 0.4) is 0 Å². The van der Waals surface area contributed by atoms with Crippen LogP contribution in [0.2, 0.25) is 0 Å². The number of ether oxygens (including phenoxy) is 2. The van der Waals surface area contributed by atoms with E-state index in [1.54, 1.807) is 25.1 Å². The zero-order chi connectivity index (χ0) is 20.5. The van der Waals surface area contributed by atoms with Crippen molar-refractivity contribution < 1.29 is 24.8 Å². The molecular weight excluding hydrogens is 471 g/mol. The highest BCUT2D eigenvalue weighted by Gasteiger charge is 2.13. The normalized spacial score (nSPS) is 12.6. The zero-order valence-electron chi connectivity index (χ0n) is 15.9. The second-order valence-corrected chi connectivity index (χ2v) is 7.57. The van der Waals surface area contributed by atoms with Gasteiger partial charge in [-0.2, -0.15) is 0 Å². The van der Waals surface area contributed by atoms with Crippen molar-refractivity contribution in [1.82, 2.24) is 0 Å². The van der Waals surface area contributed by atoms with Gasteiger partial charge >= 0.3 is 0 Å². The first-order valence-electron chi connectivity index (χ1n) is 8.94. The molecule has 0 saturated heterocycles. The monoisotopic (exact) mass is 496 g/mol. The van der Waals surface area contributed by atoms with Crippen molar-refractivity contribution in [2.24, 2.45) is 0 Å². The molecule has 3 N–H and O–H groups in total. The lowest BCUT2D eigenvalue weighted by atomic mass is 10.1. The summed E-state index contributed by atoms with van der Waals surface area (Å²) in [6.45, 7) is 2.02. The van der Waals surface area contributed by atoms with Gasteiger partial charge in [0, 0.05) is 18.4 Å². The number of hydrogen-bond acceptors (Lipinski definition) is 5. The van der Waals surface area contributed by atoms with Crippen LogP contribution in [0.1, 0.15) is 31.4 Å². The minimum Gasteiger partial charge on any atom is -0.504 e. The number of rotatable bonds is 9. The molecule has 2 aromatic rings. The average Bonchev–Trinajstić information content (AvgIpc) is 2.68. The van der Waals surface area contributed by atoms with Gasteiger partial charge in [-0.05, 0) is 65.4 Å². The molecule has 0 bridgehead atoms. The van der Waals surface area contributed by atoms with Crippen LogP contribution in [-0.4, -0.2) is 35.1 Å². The van der Waals surface area contributed by atoms with E-state index >= 15 is 0 Å². The summed E-state index contributed by atoms with van der Waals surface area (Å²) in [5.74, 6) is 1.14. The molecule has 0 fully saturated rings. The molecule has 0 radical (unpaired) electrons. The van der Waals surface area contributed by atoms with Gasteiger partial charge in [-0.15, -0.1) is 5.73 Å². The van der Waals surface area contributed by atoms with Crippen LogP contribution in [0.25, 0.3) is 0 Å². The topological polar surface area (TPSA) is 79.2 Å². The molecule has 2 aromatic carbocycles. The molecule has 150 valence electrons. The molecule has 0 saturated carbocycles. The van der Waals surface area contributed by atoms with Gasteiger partial charge in [0.2, 0.25) is 0 Å². The molecule has 0 unspecified atom stereocenters. The summed E-state index contributed by atoms with van der Waals surface area (Å²) >= 11 is 1.99. The van der Waals surface area contributed by atoms with Crippen LogP contribution in [-0.2, 0) is 0 Å². The summed E-state index contributed by atoms with van der Waals surface area (Å²) in [6.07, 6.45) is 1.23. The Bertz CT molecular complexity index is 826. The Hall–Kier alpha value is -1.99. The van der Waals surface area contributed by atoms with Crippen molar-refractivity contribution in [2.75, 3.05) is 13.7 Å². The van der Waals surface area contributed by atoms with Crippen LogP contribution in [0.4, 0.5) is 0 Å². The number of phenols is 1. The van der Waals surface area contributed by atoms with Crippen LogP contribution < -0.4 is 9.47 Å². The Labute approximate surface area is 179 Å². The van der Waals surface area contributed by atoms with Gasteiger partial charge in [-0.1, -0.05) is 18.2 Å². The van der Waals surface area contributed by atoms with Crippen molar-refractivity contribution in [1.29, 1.82) is 0 Å². The minimum absolute atomic E-state index is 0.0618. The second kappa shape index (κ2) is 11.1.